The molecule has 0 saturated carbocycles. The minimum absolute atomic E-state index is 0.102. The van der Waals surface area contributed by atoms with Gasteiger partial charge in [-0.05, 0) is 128 Å². The Kier molecular flexibility index (Phi) is 9.55. The third-order valence-corrected chi connectivity index (χ3v) is 12.9. The second kappa shape index (κ2) is 15.8. The summed E-state index contributed by atoms with van der Waals surface area (Å²) < 4.78 is 0. The molecule has 0 fully saturated rings. The molecule has 10 aromatic rings. The molecule has 0 unspecified atom stereocenters. The molecule has 2 nitrogen and oxygen atoms in total. The van der Waals surface area contributed by atoms with Crippen LogP contribution >= 0.6 is 0 Å². The molecule has 0 saturated heterocycles. The van der Waals surface area contributed by atoms with Crippen LogP contribution in [0.4, 0.5) is 34.1 Å². The smallest absolute Gasteiger partial charge is 0.0540 e. The molecule has 0 radical (unpaired) electrons. The first-order chi connectivity index (χ1) is 31.0. The van der Waals surface area contributed by atoms with Gasteiger partial charge in [-0.1, -0.05) is 190 Å². The molecule has 1 aliphatic carbocycles. The summed E-state index contributed by atoms with van der Waals surface area (Å²) in [5.41, 5.74) is 19.2. The Morgan fingerprint density at radius 1 is 0.270 bits per heavy atom. The zero-order valence-electron chi connectivity index (χ0n) is 35.5. The molecular weight excluding hydrogens is 761 g/mol. The van der Waals surface area contributed by atoms with E-state index in [1.54, 1.807) is 0 Å². The summed E-state index contributed by atoms with van der Waals surface area (Å²) in [4.78, 5) is 4.78. The largest absolute Gasteiger partial charge is 0.311 e. The maximum absolute atomic E-state index is 2.43. The molecule has 0 aliphatic heterocycles. The Morgan fingerprint density at radius 3 is 1.27 bits per heavy atom. The second-order valence-corrected chi connectivity index (χ2v) is 17.0. The van der Waals surface area contributed by atoms with Crippen LogP contribution < -0.4 is 9.80 Å². The Morgan fingerprint density at radius 2 is 0.683 bits per heavy atom. The van der Waals surface area contributed by atoms with E-state index in [-0.39, 0.29) is 5.41 Å². The number of para-hydroxylation sites is 1. The average molecular weight is 807 g/mol. The third kappa shape index (κ3) is 6.87. The van der Waals surface area contributed by atoms with E-state index in [1.165, 1.54) is 66.4 Å². The molecule has 0 spiro atoms. The highest BCUT2D eigenvalue weighted by Crippen LogP contribution is 2.51. The van der Waals surface area contributed by atoms with Crippen molar-refractivity contribution in [2.45, 2.75) is 19.3 Å². The van der Waals surface area contributed by atoms with Gasteiger partial charge in [-0.15, -0.1) is 0 Å². The molecule has 2 heteroatoms. The summed E-state index contributed by atoms with van der Waals surface area (Å²) >= 11 is 0. The van der Waals surface area contributed by atoms with E-state index in [1.807, 2.05) is 0 Å². The summed E-state index contributed by atoms with van der Waals surface area (Å²) in [5, 5.41) is 2.41. The van der Waals surface area contributed by atoms with Gasteiger partial charge >= 0.3 is 0 Å². The lowest BCUT2D eigenvalue weighted by atomic mass is 9.82. The normalized spacial score (nSPS) is 12.4. The molecule has 0 heterocycles. The number of nitrogens with zero attached hydrogens (tertiary/aromatic N) is 2. The second-order valence-electron chi connectivity index (χ2n) is 17.0. The highest BCUT2D eigenvalue weighted by atomic mass is 15.1. The zero-order chi connectivity index (χ0) is 42.3. The number of fused-ring (bicyclic) bond motifs is 4. The lowest BCUT2D eigenvalue weighted by molar-refractivity contribution is 0.660. The van der Waals surface area contributed by atoms with Crippen molar-refractivity contribution < 1.29 is 0 Å². The standard InChI is InChI=1S/C61H46N2/c1-61(2)58-25-15-14-23-55(58)56-39-38-52(42-59(56)61)63(48-20-10-5-11-21-48)60-41-40-53(54-22-12-13-24-57(54)60)47-30-36-51(37-31-47)62(49-32-26-45(27-33-49)43-16-6-3-7-17-43)50-34-28-46(29-35-50)44-18-8-4-9-19-44/h3-42H,1-2H3. The molecule has 0 bridgehead atoms. The van der Waals surface area contributed by atoms with Crippen molar-refractivity contribution in [2.75, 3.05) is 9.80 Å². The monoisotopic (exact) mass is 806 g/mol. The zero-order valence-corrected chi connectivity index (χ0v) is 35.5. The Labute approximate surface area is 370 Å². The van der Waals surface area contributed by atoms with Gasteiger partial charge in [-0.2, -0.15) is 0 Å². The van der Waals surface area contributed by atoms with Crippen LogP contribution in [0.25, 0.3) is 55.3 Å². The van der Waals surface area contributed by atoms with Crippen molar-refractivity contribution in [2.24, 2.45) is 0 Å². The van der Waals surface area contributed by atoms with E-state index < -0.39 is 0 Å². The van der Waals surface area contributed by atoms with Gasteiger partial charge in [0, 0.05) is 39.2 Å². The fourth-order valence-electron chi connectivity index (χ4n) is 9.67. The van der Waals surface area contributed by atoms with Crippen LogP contribution in [0.15, 0.2) is 243 Å². The third-order valence-electron chi connectivity index (χ3n) is 12.9. The van der Waals surface area contributed by atoms with Crippen LogP contribution in [-0.4, -0.2) is 0 Å². The topological polar surface area (TPSA) is 6.48 Å². The molecule has 63 heavy (non-hydrogen) atoms. The van der Waals surface area contributed by atoms with Crippen molar-refractivity contribution >= 4 is 44.9 Å². The highest BCUT2D eigenvalue weighted by molar-refractivity contribution is 6.06. The molecule has 11 rings (SSSR count). The number of anilines is 6. The first-order valence-electron chi connectivity index (χ1n) is 21.8. The van der Waals surface area contributed by atoms with Crippen LogP contribution in [0.5, 0.6) is 0 Å². The molecular formula is C61H46N2. The summed E-state index contributed by atoms with van der Waals surface area (Å²) in [6.07, 6.45) is 0. The van der Waals surface area contributed by atoms with Gasteiger partial charge in [0.2, 0.25) is 0 Å². The predicted octanol–water partition coefficient (Wildman–Crippen LogP) is 17.1. The highest BCUT2D eigenvalue weighted by Gasteiger charge is 2.36. The Bertz CT molecular complexity index is 3130. The number of benzene rings is 10. The Balaban J connectivity index is 0.982. The van der Waals surface area contributed by atoms with E-state index in [4.69, 9.17) is 0 Å². The molecule has 0 N–H and O–H groups in total. The van der Waals surface area contributed by atoms with E-state index in [0.29, 0.717) is 0 Å². The van der Waals surface area contributed by atoms with Gasteiger partial charge in [0.15, 0.2) is 0 Å². The van der Waals surface area contributed by atoms with Crippen LogP contribution in [0.2, 0.25) is 0 Å². The Hall–Kier alpha value is -7.94. The van der Waals surface area contributed by atoms with Crippen molar-refractivity contribution in [3.8, 4) is 44.5 Å². The summed E-state index contributed by atoms with van der Waals surface area (Å²) in [5.74, 6) is 0. The van der Waals surface area contributed by atoms with E-state index in [9.17, 15) is 0 Å². The molecule has 1 aliphatic rings. The van der Waals surface area contributed by atoms with Gasteiger partial charge in [0.05, 0.1) is 5.69 Å². The fraction of sp³-hybridized carbons (Fsp3) is 0.0492. The SMILES string of the molecule is CC1(C)c2ccccc2-c2ccc(N(c3ccccc3)c3ccc(-c4ccc(N(c5ccc(-c6ccccc6)cc5)c5ccc(-c6ccccc6)cc5)cc4)c4ccccc34)cc21. The van der Waals surface area contributed by atoms with Crippen molar-refractivity contribution in [1.82, 2.24) is 0 Å². The summed E-state index contributed by atoms with van der Waals surface area (Å²) in [6, 6.07) is 88.2. The number of rotatable bonds is 9. The maximum atomic E-state index is 2.43. The van der Waals surface area contributed by atoms with E-state index in [0.717, 1.165) is 34.1 Å². The van der Waals surface area contributed by atoms with Gasteiger partial charge in [0.25, 0.3) is 0 Å². The minimum atomic E-state index is -0.102. The van der Waals surface area contributed by atoms with Crippen LogP contribution in [0.1, 0.15) is 25.0 Å². The van der Waals surface area contributed by atoms with Crippen molar-refractivity contribution in [1.29, 1.82) is 0 Å². The number of hydrogen-bond donors (Lipinski definition) is 0. The van der Waals surface area contributed by atoms with Gasteiger partial charge < -0.3 is 9.80 Å². The van der Waals surface area contributed by atoms with Crippen LogP contribution in [0.3, 0.4) is 0 Å². The first-order valence-corrected chi connectivity index (χ1v) is 21.8. The number of hydrogen-bond acceptors (Lipinski definition) is 2. The molecule has 300 valence electrons. The van der Waals surface area contributed by atoms with Gasteiger partial charge in [0.1, 0.15) is 0 Å². The summed E-state index contributed by atoms with van der Waals surface area (Å²) in [6.45, 7) is 4.71. The first kappa shape index (κ1) is 38.0. The maximum Gasteiger partial charge on any atom is 0.0540 e. The quantitative estimate of drug-likeness (QED) is 0.143. The average Bonchev–Trinajstić information content (AvgIpc) is 3.58. The van der Waals surface area contributed by atoms with E-state index in [2.05, 4.69) is 266 Å². The van der Waals surface area contributed by atoms with Crippen molar-refractivity contribution in [3.05, 3.63) is 254 Å². The molecule has 10 aromatic carbocycles. The fourth-order valence-corrected chi connectivity index (χ4v) is 9.67. The lowest BCUT2D eigenvalue weighted by Crippen LogP contribution is -2.16. The molecule has 0 atom stereocenters. The summed E-state index contributed by atoms with van der Waals surface area (Å²) in [7, 11) is 0. The molecule has 0 aromatic heterocycles. The van der Waals surface area contributed by atoms with Gasteiger partial charge in [-0.3, -0.25) is 0 Å². The minimum Gasteiger partial charge on any atom is -0.311 e. The molecule has 0 amide bonds. The van der Waals surface area contributed by atoms with Crippen molar-refractivity contribution in [3.63, 3.8) is 0 Å². The lowest BCUT2D eigenvalue weighted by Gasteiger charge is -2.29. The van der Waals surface area contributed by atoms with Crippen LogP contribution in [0, 0.1) is 0 Å². The van der Waals surface area contributed by atoms with Crippen LogP contribution in [-0.2, 0) is 5.41 Å². The van der Waals surface area contributed by atoms with E-state index >= 15 is 0 Å². The predicted molar refractivity (Wildman–Crippen MR) is 267 cm³/mol. The van der Waals surface area contributed by atoms with Gasteiger partial charge in [-0.25, -0.2) is 0 Å².